The maximum atomic E-state index is 12.8. The molecule has 2 N–H and O–H groups in total. The summed E-state index contributed by atoms with van der Waals surface area (Å²) in [6.07, 6.45) is 6.36. The van der Waals surface area contributed by atoms with Crippen molar-refractivity contribution < 1.29 is 14.3 Å². The highest BCUT2D eigenvalue weighted by Gasteiger charge is 2.17. The Labute approximate surface area is 175 Å². The number of amides is 1. The number of carbonyl (C=O) groups excluding carboxylic acids is 1. The number of fused-ring (bicyclic) bond motifs is 1. The molecule has 2 aromatic carbocycles. The van der Waals surface area contributed by atoms with E-state index in [0.29, 0.717) is 34.0 Å². The number of methoxy groups -OCH3 is 2. The van der Waals surface area contributed by atoms with Crippen molar-refractivity contribution in [3.05, 3.63) is 63.9 Å². The van der Waals surface area contributed by atoms with Gasteiger partial charge in [-0.3, -0.25) is 9.59 Å². The third kappa shape index (κ3) is 4.03. The molecule has 0 spiro atoms. The van der Waals surface area contributed by atoms with Crippen LogP contribution in [0.5, 0.6) is 11.5 Å². The standard InChI is InChI=1S/C24H26N2O4/c1-29-18-12-19-23(22(13-18)30-2)21(27)14-20(26-19)24(28)25-17-10-8-16(9-11-17)15-6-4-3-5-7-15/h8-15H,3-7H2,1-2H3,(H,25,28)(H,26,27). The normalized spacial score (nSPS) is 14.5. The maximum Gasteiger partial charge on any atom is 0.272 e. The molecule has 0 unspecified atom stereocenters. The van der Waals surface area contributed by atoms with Crippen LogP contribution in [-0.2, 0) is 0 Å². The van der Waals surface area contributed by atoms with Crippen LogP contribution in [-0.4, -0.2) is 25.1 Å². The third-order valence-corrected chi connectivity index (χ3v) is 5.81. The first-order valence-electron chi connectivity index (χ1n) is 10.3. The van der Waals surface area contributed by atoms with Crippen molar-refractivity contribution in [1.82, 2.24) is 4.98 Å². The molecular weight excluding hydrogens is 380 g/mol. The molecule has 1 saturated carbocycles. The summed E-state index contributed by atoms with van der Waals surface area (Å²) >= 11 is 0. The molecule has 4 rings (SSSR count). The first-order chi connectivity index (χ1) is 14.6. The lowest BCUT2D eigenvalue weighted by molar-refractivity contribution is 0.102. The number of pyridine rings is 1. The van der Waals surface area contributed by atoms with Gasteiger partial charge in [0.1, 0.15) is 17.2 Å². The molecule has 0 saturated heterocycles. The molecule has 3 aromatic rings. The molecule has 1 amide bonds. The van der Waals surface area contributed by atoms with Gasteiger partial charge in [-0.1, -0.05) is 31.4 Å². The fraction of sp³-hybridized carbons (Fsp3) is 0.333. The van der Waals surface area contributed by atoms with E-state index in [0.717, 1.165) is 0 Å². The van der Waals surface area contributed by atoms with Gasteiger partial charge in [0.2, 0.25) is 0 Å². The van der Waals surface area contributed by atoms with Crippen molar-refractivity contribution in [3.8, 4) is 11.5 Å². The summed E-state index contributed by atoms with van der Waals surface area (Å²) in [5.41, 5.74) is 2.39. The smallest absolute Gasteiger partial charge is 0.272 e. The Bertz CT molecular complexity index is 1110. The van der Waals surface area contributed by atoms with Crippen LogP contribution in [0.3, 0.4) is 0 Å². The van der Waals surface area contributed by atoms with Gasteiger partial charge in [0, 0.05) is 23.9 Å². The monoisotopic (exact) mass is 406 g/mol. The molecule has 1 aliphatic rings. The number of carbonyl (C=O) groups is 1. The summed E-state index contributed by atoms with van der Waals surface area (Å²) < 4.78 is 10.6. The van der Waals surface area contributed by atoms with Crippen LogP contribution in [0.2, 0.25) is 0 Å². The van der Waals surface area contributed by atoms with Gasteiger partial charge in [0.05, 0.1) is 25.1 Å². The number of rotatable bonds is 5. The van der Waals surface area contributed by atoms with Gasteiger partial charge in [-0.25, -0.2) is 0 Å². The summed E-state index contributed by atoms with van der Waals surface area (Å²) in [5, 5.41) is 3.25. The summed E-state index contributed by atoms with van der Waals surface area (Å²) in [6.45, 7) is 0. The van der Waals surface area contributed by atoms with Gasteiger partial charge < -0.3 is 19.8 Å². The van der Waals surface area contributed by atoms with Gasteiger partial charge >= 0.3 is 0 Å². The summed E-state index contributed by atoms with van der Waals surface area (Å²) in [4.78, 5) is 28.4. The average Bonchev–Trinajstić information content (AvgIpc) is 2.79. The predicted molar refractivity (Wildman–Crippen MR) is 118 cm³/mol. The zero-order valence-corrected chi connectivity index (χ0v) is 17.3. The second-order valence-electron chi connectivity index (χ2n) is 7.71. The molecular formula is C24H26N2O4. The maximum absolute atomic E-state index is 12.8. The number of hydrogen-bond donors (Lipinski definition) is 2. The van der Waals surface area contributed by atoms with Crippen LogP contribution in [0.15, 0.2) is 47.3 Å². The van der Waals surface area contributed by atoms with Crippen molar-refractivity contribution in [2.75, 3.05) is 19.5 Å². The van der Waals surface area contributed by atoms with E-state index in [4.69, 9.17) is 9.47 Å². The quantitative estimate of drug-likeness (QED) is 0.635. The molecule has 6 nitrogen and oxygen atoms in total. The number of hydrogen-bond acceptors (Lipinski definition) is 4. The fourth-order valence-corrected chi connectivity index (χ4v) is 4.20. The molecule has 156 valence electrons. The second-order valence-corrected chi connectivity index (χ2v) is 7.71. The zero-order chi connectivity index (χ0) is 21.1. The predicted octanol–water partition coefficient (Wildman–Crippen LogP) is 4.85. The largest absolute Gasteiger partial charge is 0.497 e. The van der Waals surface area contributed by atoms with E-state index in [-0.39, 0.29) is 17.0 Å². The molecule has 1 aliphatic carbocycles. The molecule has 0 radical (unpaired) electrons. The highest BCUT2D eigenvalue weighted by atomic mass is 16.5. The van der Waals surface area contributed by atoms with E-state index in [9.17, 15) is 9.59 Å². The average molecular weight is 406 g/mol. The SMILES string of the molecule is COc1cc(OC)c2c(=O)cc(C(=O)Nc3ccc(C4CCCCC4)cc3)[nH]c2c1. The molecule has 1 aromatic heterocycles. The minimum absolute atomic E-state index is 0.180. The van der Waals surface area contributed by atoms with E-state index in [1.807, 2.05) is 12.1 Å². The van der Waals surface area contributed by atoms with Crippen LogP contribution in [0.25, 0.3) is 10.9 Å². The number of nitrogens with one attached hydrogen (secondary N) is 2. The Kier molecular flexibility index (Phi) is 5.74. The Hall–Kier alpha value is -3.28. The topological polar surface area (TPSA) is 80.4 Å². The molecule has 0 bridgehead atoms. The van der Waals surface area contributed by atoms with E-state index >= 15 is 0 Å². The number of aromatic nitrogens is 1. The van der Waals surface area contributed by atoms with Gasteiger partial charge in [0.25, 0.3) is 5.91 Å². The zero-order valence-electron chi connectivity index (χ0n) is 17.3. The van der Waals surface area contributed by atoms with Crippen molar-refractivity contribution in [2.45, 2.75) is 38.0 Å². The van der Waals surface area contributed by atoms with E-state index in [1.165, 1.54) is 58.0 Å². The highest BCUT2D eigenvalue weighted by Crippen LogP contribution is 2.33. The lowest BCUT2D eigenvalue weighted by Crippen LogP contribution is -2.17. The van der Waals surface area contributed by atoms with Gasteiger partial charge in [-0.15, -0.1) is 0 Å². The van der Waals surface area contributed by atoms with Crippen LogP contribution < -0.4 is 20.2 Å². The summed E-state index contributed by atoms with van der Waals surface area (Å²) in [6, 6.07) is 12.6. The van der Waals surface area contributed by atoms with Crippen LogP contribution in [0.4, 0.5) is 5.69 Å². The van der Waals surface area contributed by atoms with Crippen LogP contribution in [0.1, 0.15) is 54.1 Å². The Morgan fingerprint density at radius 1 is 1.00 bits per heavy atom. The number of ether oxygens (including phenoxy) is 2. The lowest BCUT2D eigenvalue weighted by Gasteiger charge is -2.22. The van der Waals surface area contributed by atoms with E-state index < -0.39 is 0 Å². The van der Waals surface area contributed by atoms with Gasteiger partial charge in [-0.05, 0) is 36.5 Å². The summed E-state index contributed by atoms with van der Waals surface area (Å²) in [7, 11) is 3.03. The molecule has 0 aliphatic heterocycles. The number of anilines is 1. The minimum atomic E-state index is -0.374. The molecule has 6 heteroatoms. The minimum Gasteiger partial charge on any atom is -0.497 e. The van der Waals surface area contributed by atoms with Gasteiger partial charge in [0.15, 0.2) is 5.43 Å². The fourth-order valence-electron chi connectivity index (χ4n) is 4.20. The Morgan fingerprint density at radius 2 is 1.73 bits per heavy atom. The highest BCUT2D eigenvalue weighted by molar-refractivity contribution is 6.04. The van der Waals surface area contributed by atoms with Crippen LogP contribution >= 0.6 is 0 Å². The van der Waals surface area contributed by atoms with Crippen molar-refractivity contribution in [2.24, 2.45) is 0 Å². The van der Waals surface area contributed by atoms with E-state index in [2.05, 4.69) is 22.4 Å². The Balaban J connectivity index is 1.58. The van der Waals surface area contributed by atoms with Crippen molar-refractivity contribution in [1.29, 1.82) is 0 Å². The summed E-state index contributed by atoms with van der Waals surface area (Å²) in [5.74, 6) is 1.17. The number of H-pyrrole nitrogens is 1. The lowest BCUT2D eigenvalue weighted by atomic mass is 9.84. The van der Waals surface area contributed by atoms with Crippen LogP contribution in [0, 0.1) is 0 Å². The first kappa shape index (κ1) is 20.0. The molecule has 0 atom stereocenters. The van der Waals surface area contributed by atoms with Gasteiger partial charge in [-0.2, -0.15) is 0 Å². The Morgan fingerprint density at radius 3 is 2.40 bits per heavy atom. The van der Waals surface area contributed by atoms with Crippen molar-refractivity contribution in [3.63, 3.8) is 0 Å². The second kappa shape index (κ2) is 8.61. The van der Waals surface area contributed by atoms with Crippen molar-refractivity contribution >= 4 is 22.5 Å². The molecule has 1 heterocycles. The number of benzene rings is 2. The first-order valence-corrected chi connectivity index (χ1v) is 10.3. The third-order valence-electron chi connectivity index (χ3n) is 5.81. The number of aromatic amines is 1. The van der Waals surface area contributed by atoms with E-state index in [1.54, 1.807) is 12.1 Å². The molecule has 30 heavy (non-hydrogen) atoms. The molecule has 1 fully saturated rings.